The minimum Gasteiger partial charge on any atom is -0.491 e. The first kappa shape index (κ1) is 17.4. The second-order valence-electron chi connectivity index (χ2n) is 4.92. The van der Waals surface area contributed by atoms with Crippen LogP contribution in [0.5, 0.6) is 11.5 Å². The number of nitrogens with one attached hydrogen (secondary N) is 1. The van der Waals surface area contributed by atoms with E-state index in [1.54, 1.807) is 29.8 Å². The second-order valence-corrected chi connectivity index (χ2v) is 6.26. The molecule has 130 valence electrons. The summed E-state index contributed by atoms with van der Waals surface area (Å²) in [7, 11) is 0. The average molecular weight is 380 g/mol. The lowest BCUT2D eigenvalue weighted by molar-refractivity contribution is 0.215. The molecule has 1 aromatic carbocycles. The molecule has 25 heavy (non-hydrogen) atoms. The van der Waals surface area contributed by atoms with Crippen molar-refractivity contribution in [2.45, 2.75) is 6.42 Å². The summed E-state index contributed by atoms with van der Waals surface area (Å²) in [4.78, 5) is 20.2. The molecule has 0 aliphatic heterocycles. The van der Waals surface area contributed by atoms with Crippen molar-refractivity contribution in [1.82, 2.24) is 9.97 Å². The number of amides is 1. The van der Waals surface area contributed by atoms with Crippen molar-refractivity contribution in [2.24, 2.45) is 0 Å². The number of carbonyl (C=O) groups is 1. The minimum atomic E-state index is -0.687. The molecular weight excluding hydrogens is 366 g/mol. The molecule has 9 heteroatoms. The summed E-state index contributed by atoms with van der Waals surface area (Å²) in [6, 6.07) is 4.85. The molecule has 2 heterocycles. The van der Waals surface area contributed by atoms with Gasteiger partial charge in [-0.25, -0.2) is 14.8 Å². The van der Waals surface area contributed by atoms with E-state index < -0.39 is 6.09 Å². The van der Waals surface area contributed by atoms with Crippen molar-refractivity contribution in [1.29, 1.82) is 0 Å². The lowest BCUT2D eigenvalue weighted by Crippen LogP contribution is -2.17. The maximum Gasteiger partial charge on any atom is 0.417 e. The number of thiophene rings is 1. The monoisotopic (exact) mass is 379 g/mol. The molecule has 2 aromatic heterocycles. The molecule has 1 amide bonds. The number of ether oxygens (including phenoxy) is 2. The number of hydrogen-bond donors (Lipinski definition) is 2. The summed E-state index contributed by atoms with van der Waals surface area (Å²) in [5.74, 6) is 0.789. The van der Waals surface area contributed by atoms with Crippen LogP contribution >= 0.6 is 22.9 Å². The maximum atomic E-state index is 12.2. The van der Waals surface area contributed by atoms with Crippen molar-refractivity contribution in [3.8, 4) is 11.5 Å². The Morgan fingerprint density at radius 1 is 1.36 bits per heavy atom. The molecule has 0 bridgehead atoms. The molecule has 0 saturated carbocycles. The van der Waals surface area contributed by atoms with E-state index in [1.807, 2.05) is 0 Å². The van der Waals surface area contributed by atoms with Gasteiger partial charge in [0.25, 0.3) is 0 Å². The smallest absolute Gasteiger partial charge is 0.417 e. The summed E-state index contributed by atoms with van der Waals surface area (Å²) in [6.07, 6.45) is 2.84. The predicted octanol–water partition coefficient (Wildman–Crippen LogP) is 3.72. The Bertz CT molecular complexity index is 887. The highest BCUT2D eigenvalue weighted by Gasteiger charge is 2.14. The number of aromatic nitrogens is 2. The fourth-order valence-electron chi connectivity index (χ4n) is 2.04. The van der Waals surface area contributed by atoms with Crippen LogP contribution in [0.15, 0.2) is 36.1 Å². The molecule has 0 atom stereocenters. The first-order valence-corrected chi connectivity index (χ1v) is 8.62. The van der Waals surface area contributed by atoms with Gasteiger partial charge in [-0.05, 0) is 18.2 Å². The highest BCUT2D eigenvalue weighted by molar-refractivity contribution is 7.17. The molecule has 0 aliphatic carbocycles. The van der Waals surface area contributed by atoms with Crippen LogP contribution in [0.2, 0.25) is 5.02 Å². The number of anilines is 1. The van der Waals surface area contributed by atoms with E-state index in [1.165, 1.54) is 17.7 Å². The van der Waals surface area contributed by atoms with E-state index in [0.29, 0.717) is 40.8 Å². The Morgan fingerprint density at radius 3 is 3.08 bits per heavy atom. The molecule has 0 unspecified atom stereocenters. The van der Waals surface area contributed by atoms with Crippen molar-refractivity contribution >= 4 is 44.9 Å². The van der Waals surface area contributed by atoms with Crippen molar-refractivity contribution < 1.29 is 19.4 Å². The van der Waals surface area contributed by atoms with Crippen molar-refractivity contribution in [2.75, 3.05) is 18.5 Å². The Labute approximate surface area is 152 Å². The first-order chi connectivity index (χ1) is 12.2. The van der Waals surface area contributed by atoms with Crippen LogP contribution in [0.3, 0.4) is 0 Å². The van der Waals surface area contributed by atoms with Gasteiger partial charge in [-0.15, -0.1) is 11.3 Å². The topological polar surface area (TPSA) is 93.6 Å². The zero-order valence-corrected chi connectivity index (χ0v) is 14.5. The Hall–Kier alpha value is -2.42. The Morgan fingerprint density at radius 2 is 2.24 bits per heavy atom. The maximum absolute atomic E-state index is 12.2. The summed E-state index contributed by atoms with van der Waals surface area (Å²) in [6.45, 7) is 0.333. The molecule has 0 saturated heterocycles. The number of fused-ring (bicyclic) bond motifs is 1. The van der Waals surface area contributed by atoms with Gasteiger partial charge < -0.3 is 14.6 Å². The van der Waals surface area contributed by atoms with Gasteiger partial charge in [-0.3, -0.25) is 5.32 Å². The molecule has 0 radical (unpaired) electrons. The average Bonchev–Trinajstić information content (AvgIpc) is 3.00. The number of halogens is 1. The molecule has 3 aromatic rings. The van der Waals surface area contributed by atoms with Crippen molar-refractivity contribution in [3.63, 3.8) is 0 Å². The van der Waals surface area contributed by atoms with Crippen LogP contribution in [0.1, 0.15) is 6.42 Å². The van der Waals surface area contributed by atoms with Gasteiger partial charge in [0.05, 0.1) is 17.0 Å². The Balaban J connectivity index is 1.73. The van der Waals surface area contributed by atoms with Gasteiger partial charge in [0.2, 0.25) is 0 Å². The van der Waals surface area contributed by atoms with Crippen molar-refractivity contribution in [3.05, 3.63) is 41.1 Å². The van der Waals surface area contributed by atoms with E-state index in [2.05, 4.69) is 15.3 Å². The summed E-state index contributed by atoms with van der Waals surface area (Å²) < 4.78 is 11.7. The standard InChI is InChI=1S/C16H14ClN3O4S/c17-10-2-3-12(23-5-1-4-21)11(6-10)20-16(22)24-13-8-25-14-7-18-9-19-15(13)14/h2-3,6-9,21H,1,4-5H2,(H,20,22). The molecule has 0 spiro atoms. The number of nitrogens with zero attached hydrogens (tertiary/aromatic N) is 2. The number of benzene rings is 1. The molecule has 0 fully saturated rings. The van der Waals surface area contributed by atoms with Gasteiger partial charge in [-0.2, -0.15) is 0 Å². The van der Waals surface area contributed by atoms with Crippen LogP contribution in [0, 0.1) is 0 Å². The van der Waals surface area contributed by atoms with E-state index in [-0.39, 0.29) is 6.61 Å². The highest BCUT2D eigenvalue weighted by Crippen LogP contribution is 2.31. The third-order valence-electron chi connectivity index (χ3n) is 3.15. The largest absolute Gasteiger partial charge is 0.491 e. The number of carbonyl (C=O) groups excluding carboxylic acids is 1. The minimum absolute atomic E-state index is 0.0193. The van der Waals surface area contributed by atoms with Crippen LogP contribution in [0.4, 0.5) is 10.5 Å². The van der Waals surface area contributed by atoms with Crippen LogP contribution < -0.4 is 14.8 Å². The Kier molecular flexibility index (Phi) is 5.64. The fraction of sp³-hybridized carbons (Fsp3) is 0.188. The van der Waals surface area contributed by atoms with Gasteiger partial charge in [-0.1, -0.05) is 11.6 Å². The quantitative estimate of drug-likeness (QED) is 0.634. The van der Waals surface area contributed by atoms with Crippen LogP contribution in [-0.2, 0) is 0 Å². The van der Waals surface area contributed by atoms with Gasteiger partial charge >= 0.3 is 6.09 Å². The third-order valence-corrected chi connectivity index (χ3v) is 4.27. The zero-order valence-electron chi connectivity index (χ0n) is 12.9. The molecule has 7 nitrogen and oxygen atoms in total. The summed E-state index contributed by atoms with van der Waals surface area (Å²) in [5.41, 5.74) is 0.949. The third kappa shape index (κ3) is 4.36. The SMILES string of the molecule is O=C(Nc1cc(Cl)ccc1OCCCO)Oc1csc2cncnc12. The molecule has 0 aliphatic rings. The first-order valence-electron chi connectivity index (χ1n) is 7.36. The lowest BCUT2D eigenvalue weighted by atomic mass is 10.3. The van der Waals surface area contributed by atoms with E-state index in [9.17, 15) is 4.79 Å². The zero-order chi connectivity index (χ0) is 17.6. The van der Waals surface area contributed by atoms with Gasteiger partial charge in [0.1, 0.15) is 17.6 Å². The summed E-state index contributed by atoms with van der Waals surface area (Å²) in [5, 5.41) is 13.6. The lowest BCUT2D eigenvalue weighted by Gasteiger charge is -2.12. The second kappa shape index (κ2) is 8.11. The van der Waals surface area contributed by atoms with Gasteiger partial charge in [0, 0.05) is 29.6 Å². The van der Waals surface area contributed by atoms with Gasteiger partial charge in [0.15, 0.2) is 5.75 Å². The highest BCUT2D eigenvalue weighted by atomic mass is 35.5. The summed E-state index contributed by atoms with van der Waals surface area (Å²) >= 11 is 7.36. The van der Waals surface area contributed by atoms with Crippen LogP contribution in [-0.4, -0.2) is 34.4 Å². The van der Waals surface area contributed by atoms with E-state index in [0.717, 1.165) is 4.70 Å². The number of aliphatic hydroxyl groups excluding tert-OH is 1. The number of hydrogen-bond acceptors (Lipinski definition) is 7. The van der Waals surface area contributed by atoms with Crippen LogP contribution in [0.25, 0.3) is 10.2 Å². The number of rotatable bonds is 6. The van der Waals surface area contributed by atoms with E-state index in [4.69, 9.17) is 26.2 Å². The van der Waals surface area contributed by atoms with E-state index >= 15 is 0 Å². The molecular formula is C16H14ClN3O4S. The fourth-order valence-corrected chi connectivity index (χ4v) is 2.99. The normalized spacial score (nSPS) is 10.6. The molecule has 2 N–H and O–H groups in total. The number of aliphatic hydroxyl groups is 1. The molecule has 3 rings (SSSR count). The predicted molar refractivity (Wildman–Crippen MR) is 95.7 cm³/mol.